The zero-order chi connectivity index (χ0) is 13.9. The Morgan fingerprint density at radius 3 is 2.35 bits per heavy atom. The zero-order valence-corrected chi connectivity index (χ0v) is 11.5. The summed E-state index contributed by atoms with van der Waals surface area (Å²) in [7, 11) is 0. The minimum Gasteiger partial charge on any atom is -0.326 e. The summed E-state index contributed by atoms with van der Waals surface area (Å²) >= 11 is 0. The van der Waals surface area contributed by atoms with Crippen LogP contribution in [0.25, 0.3) is 11.5 Å². The van der Waals surface area contributed by atoms with E-state index in [1.54, 1.807) is 0 Å². The molecule has 0 radical (unpaired) electrons. The van der Waals surface area contributed by atoms with Gasteiger partial charge in [0.05, 0.1) is 11.4 Å². The first-order valence-electron chi connectivity index (χ1n) is 6.84. The van der Waals surface area contributed by atoms with Gasteiger partial charge in [0.2, 0.25) is 0 Å². The first kappa shape index (κ1) is 12.7. The molecule has 0 atom stereocenters. The lowest BCUT2D eigenvalue weighted by Gasteiger charge is -2.10. The van der Waals surface area contributed by atoms with Crippen molar-refractivity contribution in [3.63, 3.8) is 0 Å². The molecule has 0 bridgehead atoms. The van der Waals surface area contributed by atoms with E-state index in [1.807, 2.05) is 47.4 Å². The Balaban J connectivity index is 2.26. The maximum absolute atomic E-state index is 5.96. The number of aryl methyl sites for hydroxylation is 1. The molecule has 0 unspecified atom stereocenters. The van der Waals surface area contributed by atoms with Crippen LogP contribution in [0.3, 0.4) is 0 Å². The molecule has 102 valence electrons. The molecule has 0 saturated heterocycles. The third-order valence-corrected chi connectivity index (χ3v) is 3.43. The van der Waals surface area contributed by atoms with Crippen LogP contribution in [0.1, 0.15) is 18.2 Å². The summed E-state index contributed by atoms with van der Waals surface area (Å²) in [5.74, 6) is 1.03. The van der Waals surface area contributed by atoms with Crippen molar-refractivity contribution < 1.29 is 0 Å². The molecule has 3 aromatic rings. The molecule has 2 heterocycles. The van der Waals surface area contributed by atoms with E-state index < -0.39 is 0 Å². The van der Waals surface area contributed by atoms with Crippen LogP contribution in [0, 0.1) is 0 Å². The molecule has 4 nitrogen and oxygen atoms in total. The average Bonchev–Trinajstić information content (AvgIpc) is 3.14. The van der Waals surface area contributed by atoms with Crippen LogP contribution in [0.15, 0.2) is 54.9 Å². The molecule has 2 aromatic heterocycles. The van der Waals surface area contributed by atoms with Gasteiger partial charge in [-0.1, -0.05) is 25.1 Å². The van der Waals surface area contributed by atoms with Gasteiger partial charge in [0, 0.05) is 24.5 Å². The van der Waals surface area contributed by atoms with Gasteiger partial charge in [-0.15, -0.1) is 0 Å². The molecular weight excluding hydrogens is 248 g/mol. The minimum absolute atomic E-state index is 0.490. The number of rotatable bonds is 4. The van der Waals surface area contributed by atoms with E-state index in [-0.39, 0.29) is 0 Å². The lowest BCUT2D eigenvalue weighted by atomic mass is 10.2. The van der Waals surface area contributed by atoms with Gasteiger partial charge in [0.1, 0.15) is 5.82 Å². The van der Waals surface area contributed by atoms with E-state index in [4.69, 9.17) is 10.8 Å². The Bertz CT molecular complexity index is 681. The Morgan fingerprint density at radius 2 is 1.75 bits per heavy atom. The van der Waals surface area contributed by atoms with E-state index >= 15 is 0 Å². The standard InChI is InChI=1S/C16H18N4/c1-2-15-14(12-17)16(19-10-6-7-11-19)20(18-15)13-8-4-3-5-9-13/h3-11H,2,12,17H2,1H3. The van der Waals surface area contributed by atoms with Crippen molar-refractivity contribution in [3.8, 4) is 11.5 Å². The molecule has 0 aliphatic rings. The highest BCUT2D eigenvalue weighted by Gasteiger charge is 2.17. The van der Waals surface area contributed by atoms with Crippen molar-refractivity contribution in [1.29, 1.82) is 0 Å². The monoisotopic (exact) mass is 266 g/mol. The smallest absolute Gasteiger partial charge is 0.145 e. The van der Waals surface area contributed by atoms with Gasteiger partial charge in [-0.2, -0.15) is 5.10 Å². The highest BCUT2D eigenvalue weighted by atomic mass is 15.3. The van der Waals surface area contributed by atoms with Crippen molar-refractivity contribution in [1.82, 2.24) is 14.3 Å². The summed E-state index contributed by atoms with van der Waals surface area (Å²) in [6.07, 6.45) is 4.92. The Labute approximate surface area is 118 Å². The molecule has 0 aliphatic heterocycles. The van der Waals surface area contributed by atoms with E-state index in [1.165, 1.54) is 0 Å². The largest absolute Gasteiger partial charge is 0.326 e. The fraction of sp³-hybridized carbons (Fsp3) is 0.188. The second kappa shape index (κ2) is 5.35. The topological polar surface area (TPSA) is 48.8 Å². The number of hydrogen-bond acceptors (Lipinski definition) is 2. The summed E-state index contributed by atoms with van der Waals surface area (Å²) in [6, 6.07) is 14.2. The Kier molecular flexibility index (Phi) is 3.39. The molecule has 1 aromatic carbocycles. The van der Waals surface area contributed by atoms with Crippen LogP contribution >= 0.6 is 0 Å². The molecule has 0 spiro atoms. The van der Waals surface area contributed by atoms with Crippen LogP contribution in [-0.4, -0.2) is 14.3 Å². The molecular formula is C16H18N4. The fourth-order valence-electron chi connectivity index (χ4n) is 2.47. The van der Waals surface area contributed by atoms with Gasteiger partial charge in [0.25, 0.3) is 0 Å². The molecule has 0 saturated carbocycles. The van der Waals surface area contributed by atoms with E-state index in [9.17, 15) is 0 Å². The summed E-state index contributed by atoms with van der Waals surface area (Å²) in [5.41, 5.74) is 9.16. The highest BCUT2D eigenvalue weighted by molar-refractivity contribution is 5.46. The summed E-state index contributed by atoms with van der Waals surface area (Å²) in [4.78, 5) is 0. The SMILES string of the molecule is CCc1nn(-c2ccccc2)c(-n2cccc2)c1CN. The number of nitrogens with two attached hydrogens (primary N) is 1. The molecule has 2 N–H and O–H groups in total. The molecule has 20 heavy (non-hydrogen) atoms. The lowest BCUT2D eigenvalue weighted by Crippen LogP contribution is -2.07. The third-order valence-electron chi connectivity index (χ3n) is 3.43. The van der Waals surface area contributed by atoms with E-state index in [0.29, 0.717) is 6.54 Å². The van der Waals surface area contributed by atoms with Crippen molar-refractivity contribution in [2.45, 2.75) is 19.9 Å². The number of hydrogen-bond donors (Lipinski definition) is 1. The van der Waals surface area contributed by atoms with Crippen LogP contribution in [-0.2, 0) is 13.0 Å². The molecule has 3 rings (SSSR count). The number of benzene rings is 1. The van der Waals surface area contributed by atoms with Gasteiger partial charge in [-0.25, -0.2) is 4.68 Å². The Morgan fingerprint density at radius 1 is 1.05 bits per heavy atom. The predicted molar refractivity (Wildman–Crippen MR) is 80.2 cm³/mol. The second-order valence-corrected chi connectivity index (χ2v) is 4.64. The summed E-state index contributed by atoms with van der Waals surface area (Å²) in [6.45, 7) is 2.60. The molecule has 0 aliphatic carbocycles. The first-order chi connectivity index (χ1) is 9.85. The van der Waals surface area contributed by atoms with Gasteiger partial charge in [-0.05, 0) is 30.7 Å². The van der Waals surface area contributed by atoms with Crippen molar-refractivity contribution >= 4 is 0 Å². The predicted octanol–water partition coefficient (Wildman–Crippen LogP) is 2.68. The quantitative estimate of drug-likeness (QED) is 0.789. The number of para-hydroxylation sites is 1. The maximum atomic E-state index is 5.96. The summed E-state index contributed by atoms with van der Waals surface area (Å²) < 4.78 is 4.04. The molecule has 4 heteroatoms. The Hall–Kier alpha value is -2.33. The van der Waals surface area contributed by atoms with Gasteiger partial charge in [-0.3, -0.25) is 0 Å². The lowest BCUT2D eigenvalue weighted by molar-refractivity contribution is 0.802. The molecule has 0 amide bonds. The van der Waals surface area contributed by atoms with Crippen molar-refractivity contribution in [3.05, 3.63) is 66.1 Å². The summed E-state index contributed by atoms with van der Waals surface area (Å²) in [5, 5.41) is 4.74. The van der Waals surface area contributed by atoms with Gasteiger partial charge in [0.15, 0.2) is 0 Å². The van der Waals surface area contributed by atoms with Crippen LogP contribution < -0.4 is 5.73 Å². The third kappa shape index (κ3) is 2.04. The van der Waals surface area contributed by atoms with Crippen LogP contribution in [0.2, 0.25) is 0 Å². The van der Waals surface area contributed by atoms with Crippen LogP contribution in [0.5, 0.6) is 0 Å². The second-order valence-electron chi connectivity index (χ2n) is 4.64. The normalized spacial score (nSPS) is 10.9. The van der Waals surface area contributed by atoms with Gasteiger partial charge < -0.3 is 10.3 Å². The maximum Gasteiger partial charge on any atom is 0.145 e. The number of nitrogens with zero attached hydrogens (tertiary/aromatic N) is 3. The first-order valence-corrected chi connectivity index (χ1v) is 6.84. The van der Waals surface area contributed by atoms with Gasteiger partial charge >= 0.3 is 0 Å². The van der Waals surface area contributed by atoms with Crippen molar-refractivity contribution in [2.24, 2.45) is 5.73 Å². The van der Waals surface area contributed by atoms with E-state index in [0.717, 1.165) is 29.2 Å². The zero-order valence-electron chi connectivity index (χ0n) is 11.5. The number of aromatic nitrogens is 3. The van der Waals surface area contributed by atoms with E-state index in [2.05, 4.69) is 23.6 Å². The highest BCUT2D eigenvalue weighted by Crippen LogP contribution is 2.23. The fourth-order valence-corrected chi connectivity index (χ4v) is 2.47. The average molecular weight is 266 g/mol. The van der Waals surface area contributed by atoms with Crippen molar-refractivity contribution in [2.75, 3.05) is 0 Å². The minimum atomic E-state index is 0.490. The molecule has 0 fully saturated rings. The van der Waals surface area contributed by atoms with Crippen LogP contribution in [0.4, 0.5) is 0 Å².